The normalized spacial score (nSPS) is 20.8. The smallest absolute Gasteiger partial charge is 0.273 e. The molecule has 0 saturated heterocycles. The molecule has 1 fully saturated rings. The first kappa shape index (κ1) is 16.4. The van der Waals surface area contributed by atoms with E-state index < -0.39 is 0 Å². The Labute approximate surface area is 140 Å². The van der Waals surface area contributed by atoms with Crippen molar-refractivity contribution < 1.29 is 9.53 Å². The lowest BCUT2D eigenvalue weighted by molar-refractivity contribution is 0.0598. The molecule has 2 aromatic heterocycles. The maximum atomic E-state index is 12.5. The molecule has 0 bridgehead atoms. The molecule has 1 saturated carbocycles. The standard InChI is InChI=1S/C16H22N6O2/c1-22-9-18-8-13(22)12-7-19-15(17)14(21-12)16(23)20-10-3-5-11(24-2)6-4-10/h7-11H,3-6H2,1-2H3,(H2,17,19)(H,20,23)/t10-,11-. The zero-order chi connectivity index (χ0) is 17.1. The number of amides is 1. The van der Waals surface area contributed by atoms with E-state index in [1.165, 1.54) is 0 Å². The fourth-order valence-electron chi connectivity index (χ4n) is 2.99. The number of hydrogen-bond donors (Lipinski definition) is 2. The molecule has 0 spiro atoms. The third-order valence-corrected chi connectivity index (χ3v) is 4.44. The predicted octanol–water partition coefficient (Wildman–Crippen LogP) is 1.15. The second kappa shape index (κ2) is 6.96. The fourth-order valence-corrected chi connectivity index (χ4v) is 2.99. The second-order valence-corrected chi connectivity index (χ2v) is 6.06. The minimum Gasteiger partial charge on any atom is -0.382 e. The SMILES string of the molecule is CO[C@H]1CC[C@H](NC(=O)c2nc(-c3cncn3C)cnc2N)CC1. The third-order valence-electron chi connectivity index (χ3n) is 4.44. The van der Waals surface area contributed by atoms with Gasteiger partial charge >= 0.3 is 0 Å². The number of methoxy groups -OCH3 is 1. The molecule has 0 unspecified atom stereocenters. The first-order valence-electron chi connectivity index (χ1n) is 8.01. The Morgan fingerprint density at radius 1 is 1.33 bits per heavy atom. The van der Waals surface area contributed by atoms with Crippen LogP contribution in [0, 0.1) is 0 Å². The Hall–Kier alpha value is -2.48. The van der Waals surface area contributed by atoms with E-state index in [9.17, 15) is 4.79 Å². The largest absolute Gasteiger partial charge is 0.382 e. The zero-order valence-corrected chi connectivity index (χ0v) is 13.9. The summed E-state index contributed by atoms with van der Waals surface area (Å²) in [5.41, 5.74) is 7.35. The highest BCUT2D eigenvalue weighted by atomic mass is 16.5. The third kappa shape index (κ3) is 3.38. The highest BCUT2D eigenvalue weighted by molar-refractivity contribution is 5.96. The van der Waals surface area contributed by atoms with Gasteiger partial charge in [0.2, 0.25) is 0 Å². The summed E-state index contributed by atoms with van der Waals surface area (Å²) in [6, 6.07) is 0.116. The van der Waals surface area contributed by atoms with Crippen LogP contribution >= 0.6 is 0 Å². The molecule has 0 aromatic carbocycles. The summed E-state index contributed by atoms with van der Waals surface area (Å²) in [4.78, 5) is 25.1. The summed E-state index contributed by atoms with van der Waals surface area (Å²) in [5.74, 6) is -0.158. The van der Waals surface area contributed by atoms with E-state index in [2.05, 4.69) is 20.3 Å². The number of rotatable bonds is 4. The molecule has 1 aliphatic rings. The molecule has 0 aliphatic heterocycles. The van der Waals surface area contributed by atoms with Crippen LogP contribution in [0.2, 0.25) is 0 Å². The number of aryl methyl sites for hydroxylation is 1. The molecule has 128 valence electrons. The monoisotopic (exact) mass is 330 g/mol. The minimum absolute atomic E-state index is 0.116. The van der Waals surface area contributed by atoms with E-state index in [0.29, 0.717) is 5.69 Å². The van der Waals surface area contributed by atoms with Crippen LogP contribution in [-0.4, -0.2) is 44.7 Å². The Morgan fingerprint density at radius 2 is 2.08 bits per heavy atom. The van der Waals surface area contributed by atoms with Crippen molar-refractivity contribution in [2.75, 3.05) is 12.8 Å². The number of anilines is 1. The van der Waals surface area contributed by atoms with Crippen molar-refractivity contribution in [2.45, 2.75) is 37.8 Å². The maximum absolute atomic E-state index is 12.5. The van der Waals surface area contributed by atoms with Crippen LogP contribution < -0.4 is 11.1 Å². The lowest BCUT2D eigenvalue weighted by atomic mass is 9.93. The number of hydrogen-bond acceptors (Lipinski definition) is 6. The van der Waals surface area contributed by atoms with E-state index in [4.69, 9.17) is 10.5 Å². The van der Waals surface area contributed by atoms with Gasteiger partial charge in [0.15, 0.2) is 11.5 Å². The molecule has 3 N–H and O–H groups in total. The van der Waals surface area contributed by atoms with Gasteiger partial charge in [-0.05, 0) is 25.7 Å². The van der Waals surface area contributed by atoms with Gasteiger partial charge in [0.05, 0.1) is 30.5 Å². The number of nitrogens with two attached hydrogens (primary N) is 1. The molecular formula is C16H22N6O2. The van der Waals surface area contributed by atoms with E-state index in [0.717, 1.165) is 31.4 Å². The van der Waals surface area contributed by atoms with Crippen LogP contribution in [0.4, 0.5) is 5.82 Å². The molecule has 1 amide bonds. The van der Waals surface area contributed by atoms with Crippen molar-refractivity contribution in [3.05, 3.63) is 24.4 Å². The average Bonchev–Trinajstić information content (AvgIpc) is 3.02. The summed E-state index contributed by atoms with van der Waals surface area (Å²) >= 11 is 0. The zero-order valence-electron chi connectivity index (χ0n) is 13.9. The molecule has 2 aromatic rings. The van der Waals surface area contributed by atoms with E-state index >= 15 is 0 Å². The molecule has 0 atom stereocenters. The van der Waals surface area contributed by atoms with E-state index in [-0.39, 0.29) is 29.6 Å². The summed E-state index contributed by atoms with van der Waals surface area (Å²) in [6.45, 7) is 0. The lowest BCUT2D eigenvalue weighted by Gasteiger charge is -2.28. The first-order chi connectivity index (χ1) is 11.6. The summed E-state index contributed by atoms with van der Waals surface area (Å²) in [6.07, 6.45) is 8.84. The highest BCUT2D eigenvalue weighted by Gasteiger charge is 2.24. The van der Waals surface area contributed by atoms with Gasteiger partial charge in [0.1, 0.15) is 5.69 Å². The van der Waals surface area contributed by atoms with Gasteiger partial charge in [-0.25, -0.2) is 15.0 Å². The molecule has 8 heteroatoms. The number of carbonyl (C=O) groups is 1. The summed E-state index contributed by atoms with van der Waals surface area (Å²) in [5, 5.41) is 3.01. The Balaban J connectivity index is 1.74. The van der Waals surface area contributed by atoms with Gasteiger partial charge in [-0.15, -0.1) is 0 Å². The van der Waals surface area contributed by atoms with E-state index in [1.54, 1.807) is 25.8 Å². The van der Waals surface area contributed by atoms with Crippen LogP contribution in [0.25, 0.3) is 11.4 Å². The number of imidazole rings is 1. The van der Waals surface area contributed by atoms with Crippen molar-refractivity contribution in [1.29, 1.82) is 0 Å². The quantitative estimate of drug-likeness (QED) is 0.870. The fraction of sp³-hybridized carbons (Fsp3) is 0.500. The van der Waals surface area contributed by atoms with Gasteiger partial charge < -0.3 is 20.4 Å². The summed E-state index contributed by atoms with van der Waals surface area (Å²) < 4.78 is 7.17. The Bertz CT molecular complexity index is 721. The van der Waals surface area contributed by atoms with Gasteiger partial charge in [-0.3, -0.25) is 4.79 Å². The van der Waals surface area contributed by atoms with Crippen molar-refractivity contribution in [3.63, 3.8) is 0 Å². The topological polar surface area (TPSA) is 108 Å². The van der Waals surface area contributed by atoms with Gasteiger partial charge in [0, 0.05) is 20.2 Å². The first-order valence-corrected chi connectivity index (χ1v) is 8.01. The summed E-state index contributed by atoms with van der Waals surface area (Å²) in [7, 11) is 3.58. The Morgan fingerprint density at radius 3 is 2.71 bits per heavy atom. The molecule has 2 heterocycles. The number of nitrogens with zero attached hydrogens (tertiary/aromatic N) is 4. The van der Waals surface area contributed by atoms with Gasteiger partial charge in [0.25, 0.3) is 5.91 Å². The number of aromatic nitrogens is 4. The molecule has 3 rings (SSSR count). The molecule has 8 nitrogen and oxygen atoms in total. The molecule has 24 heavy (non-hydrogen) atoms. The van der Waals surface area contributed by atoms with Gasteiger partial charge in [-0.2, -0.15) is 0 Å². The van der Waals surface area contributed by atoms with Crippen LogP contribution in [0.5, 0.6) is 0 Å². The number of nitrogens with one attached hydrogen (secondary N) is 1. The van der Waals surface area contributed by atoms with Crippen molar-refractivity contribution in [2.24, 2.45) is 7.05 Å². The van der Waals surface area contributed by atoms with Gasteiger partial charge in [-0.1, -0.05) is 0 Å². The lowest BCUT2D eigenvalue weighted by Crippen LogP contribution is -2.39. The van der Waals surface area contributed by atoms with E-state index in [1.807, 2.05) is 11.6 Å². The number of carbonyl (C=O) groups excluding carboxylic acids is 1. The average molecular weight is 330 g/mol. The van der Waals surface area contributed by atoms with Crippen molar-refractivity contribution in [1.82, 2.24) is 24.8 Å². The predicted molar refractivity (Wildman–Crippen MR) is 89.2 cm³/mol. The minimum atomic E-state index is -0.287. The highest BCUT2D eigenvalue weighted by Crippen LogP contribution is 2.22. The van der Waals surface area contributed by atoms with Crippen LogP contribution in [0.3, 0.4) is 0 Å². The van der Waals surface area contributed by atoms with Crippen molar-refractivity contribution in [3.8, 4) is 11.4 Å². The number of nitrogen functional groups attached to an aromatic ring is 1. The molecule has 0 radical (unpaired) electrons. The van der Waals surface area contributed by atoms with Crippen LogP contribution in [0.1, 0.15) is 36.2 Å². The van der Waals surface area contributed by atoms with Crippen LogP contribution in [-0.2, 0) is 11.8 Å². The number of ether oxygens (including phenoxy) is 1. The molecular weight excluding hydrogens is 308 g/mol. The molecule has 1 aliphatic carbocycles. The second-order valence-electron chi connectivity index (χ2n) is 6.06. The Kier molecular flexibility index (Phi) is 4.75. The van der Waals surface area contributed by atoms with Crippen LogP contribution in [0.15, 0.2) is 18.7 Å². The van der Waals surface area contributed by atoms with Crippen molar-refractivity contribution >= 4 is 11.7 Å². The maximum Gasteiger partial charge on any atom is 0.273 e.